The van der Waals surface area contributed by atoms with Crippen LogP contribution in [0.4, 0.5) is 5.95 Å². The topological polar surface area (TPSA) is 55.6 Å². The van der Waals surface area contributed by atoms with Crippen molar-refractivity contribution in [2.75, 3.05) is 5.32 Å². The van der Waals surface area contributed by atoms with Gasteiger partial charge in [0.05, 0.1) is 5.69 Å². The van der Waals surface area contributed by atoms with Crippen LogP contribution in [0.25, 0.3) is 5.69 Å². The molecule has 2 aromatic rings. The van der Waals surface area contributed by atoms with E-state index < -0.39 is 0 Å². The quantitative estimate of drug-likeness (QED) is 0.873. The zero-order valence-corrected chi connectivity index (χ0v) is 9.74. The van der Waals surface area contributed by atoms with Crippen LogP contribution in [-0.4, -0.2) is 26.2 Å². The number of aromatic nitrogens is 4. The molecule has 88 valence electrons. The molecule has 5 nitrogen and oxygen atoms in total. The van der Waals surface area contributed by atoms with E-state index in [0.717, 1.165) is 17.6 Å². The molecule has 3 rings (SSSR count). The van der Waals surface area contributed by atoms with E-state index in [1.807, 2.05) is 30.3 Å². The Hall–Kier alpha value is -1.91. The summed E-state index contributed by atoms with van der Waals surface area (Å²) in [5, 5.41) is 15.2. The lowest BCUT2D eigenvalue weighted by Gasteiger charge is -2.33. The molecule has 1 aromatic carbocycles. The van der Waals surface area contributed by atoms with Gasteiger partial charge in [0, 0.05) is 6.04 Å². The number of tetrazole rings is 1. The fourth-order valence-electron chi connectivity index (χ4n) is 2.22. The first-order chi connectivity index (χ1) is 8.33. The lowest BCUT2D eigenvalue weighted by Crippen LogP contribution is -2.34. The third-order valence-corrected chi connectivity index (χ3v) is 3.18. The van der Waals surface area contributed by atoms with Crippen LogP contribution in [0.1, 0.15) is 19.8 Å². The smallest absolute Gasteiger partial charge is 0.247 e. The molecule has 0 radical (unpaired) electrons. The Morgan fingerprint density at radius 3 is 2.71 bits per heavy atom. The summed E-state index contributed by atoms with van der Waals surface area (Å²) in [6.45, 7) is 2.26. The Bertz CT molecular complexity index is 487. The average molecular weight is 229 g/mol. The molecule has 1 aliphatic rings. The summed E-state index contributed by atoms with van der Waals surface area (Å²) >= 11 is 0. The van der Waals surface area contributed by atoms with Crippen molar-refractivity contribution in [3.8, 4) is 5.69 Å². The van der Waals surface area contributed by atoms with Crippen LogP contribution < -0.4 is 5.32 Å². The number of nitrogens with zero attached hydrogens (tertiary/aromatic N) is 4. The van der Waals surface area contributed by atoms with E-state index in [4.69, 9.17) is 0 Å². The molecule has 0 amide bonds. The van der Waals surface area contributed by atoms with Crippen molar-refractivity contribution < 1.29 is 0 Å². The second-order valence-corrected chi connectivity index (χ2v) is 4.67. The van der Waals surface area contributed by atoms with E-state index >= 15 is 0 Å². The monoisotopic (exact) mass is 229 g/mol. The van der Waals surface area contributed by atoms with Gasteiger partial charge in [-0.2, -0.15) is 4.68 Å². The number of benzene rings is 1. The minimum Gasteiger partial charge on any atom is -0.350 e. The van der Waals surface area contributed by atoms with Crippen molar-refractivity contribution in [2.45, 2.75) is 25.8 Å². The van der Waals surface area contributed by atoms with Gasteiger partial charge < -0.3 is 5.32 Å². The molecule has 1 aliphatic carbocycles. The van der Waals surface area contributed by atoms with Crippen molar-refractivity contribution in [2.24, 2.45) is 5.92 Å². The first-order valence-electron chi connectivity index (χ1n) is 5.93. The highest BCUT2D eigenvalue weighted by Gasteiger charge is 2.26. The van der Waals surface area contributed by atoms with Crippen LogP contribution in [0.15, 0.2) is 30.3 Å². The molecule has 0 saturated heterocycles. The maximum absolute atomic E-state index is 4.03. The highest BCUT2D eigenvalue weighted by molar-refractivity contribution is 5.39. The predicted octanol–water partition coefficient (Wildman–Crippen LogP) is 1.87. The zero-order valence-electron chi connectivity index (χ0n) is 9.74. The zero-order chi connectivity index (χ0) is 11.7. The lowest BCUT2D eigenvalue weighted by molar-refractivity contribution is 0.307. The van der Waals surface area contributed by atoms with E-state index in [1.165, 1.54) is 12.8 Å². The van der Waals surface area contributed by atoms with Crippen LogP contribution in [-0.2, 0) is 0 Å². The number of nitrogens with one attached hydrogen (secondary N) is 1. The van der Waals surface area contributed by atoms with Crippen LogP contribution in [0.2, 0.25) is 0 Å². The van der Waals surface area contributed by atoms with Gasteiger partial charge in [-0.1, -0.05) is 30.2 Å². The first kappa shape index (κ1) is 10.3. The highest BCUT2D eigenvalue weighted by atomic mass is 15.6. The minimum absolute atomic E-state index is 0.512. The fourth-order valence-corrected chi connectivity index (χ4v) is 2.22. The Balaban J connectivity index is 1.80. The fraction of sp³-hybridized carbons (Fsp3) is 0.417. The molecule has 1 heterocycles. The molecule has 17 heavy (non-hydrogen) atoms. The maximum Gasteiger partial charge on any atom is 0.247 e. The number of anilines is 1. The van der Waals surface area contributed by atoms with Crippen LogP contribution in [0.5, 0.6) is 0 Å². The van der Waals surface area contributed by atoms with Gasteiger partial charge >= 0.3 is 0 Å². The summed E-state index contributed by atoms with van der Waals surface area (Å²) in [7, 11) is 0. The van der Waals surface area contributed by atoms with Crippen molar-refractivity contribution in [1.29, 1.82) is 0 Å². The van der Waals surface area contributed by atoms with Crippen LogP contribution >= 0.6 is 0 Å². The van der Waals surface area contributed by atoms with Crippen molar-refractivity contribution >= 4 is 5.95 Å². The summed E-state index contributed by atoms with van der Waals surface area (Å²) in [6.07, 6.45) is 2.39. The Morgan fingerprint density at radius 2 is 2.00 bits per heavy atom. The predicted molar refractivity (Wildman–Crippen MR) is 65.0 cm³/mol. The highest BCUT2D eigenvalue weighted by Crippen LogP contribution is 2.29. The Kier molecular flexibility index (Phi) is 2.51. The van der Waals surface area contributed by atoms with Crippen molar-refractivity contribution in [1.82, 2.24) is 20.2 Å². The summed E-state index contributed by atoms with van der Waals surface area (Å²) in [4.78, 5) is 0. The van der Waals surface area contributed by atoms with E-state index in [1.54, 1.807) is 4.68 Å². The summed E-state index contributed by atoms with van der Waals surface area (Å²) in [6, 6.07) is 10.4. The van der Waals surface area contributed by atoms with Gasteiger partial charge in [-0.15, -0.1) is 0 Å². The molecule has 1 fully saturated rings. The third-order valence-electron chi connectivity index (χ3n) is 3.18. The van der Waals surface area contributed by atoms with Gasteiger partial charge in [-0.25, -0.2) is 0 Å². The molecule has 0 unspecified atom stereocenters. The molecule has 0 spiro atoms. The van der Waals surface area contributed by atoms with E-state index in [-0.39, 0.29) is 0 Å². The maximum atomic E-state index is 4.03. The molecule has 1 N–H and O–H groups in total. The largest absolute Gasteiger partial charge is 0.350 e. The second-order valence-electron chi connectivity index (χ2n) is 4.67. The van der Waals surface area contributed by atoms with Crippen LogP contribution in [0.3, 0.4) is 0 Å². The second kappa shape index (κ2) is 4.16. The molecule has 0 bridgehead atoms. The number of para-hydroxylation sites is 1. The van der Waals surface area contributed by atoms with Gasteiger partial charge in [-0.3, -0.25) is 0 Å². The molecular weight excluding hydrogens is 214 g/mol. The molecule has 1 aromatic heterocycles. The van der Waals surface area contributed by atoms with Gasteiger partial charge in [0.25, 0.3) is 0 Å². The first-order valence-corrected chi connectivity index (χ1v) is 5.93. The lowest BCUT2D eigenvalue weighted by atomic mass is 9.82. The third kappa shape index (κ3) is 2.00. The molecular formula is C12H15N5. The van der Waals surface area contributed by atoms with E-state index in [0.29, 0.717) is 6.04 Å². The molecule has 1 saturated carbocycles. The van der Waals surface area contributed by atoms with Crippen LogP contribution in [0, 0.1) is 5.92 Å². The van der Waals surface area contributed by atoms with Gasteiger partial charge in [0.15, 0.2) is 0 Å². The molecule has 5 heteroatoms. The normalized spacial score (nSPS) is 23.1. The average Bonchev–Trinajstić information content (AvgIpc) is 2.76. The minimum atomic E-state index is 0.512. The summed E-state index contributed by atoms with van der Waals surface area (Å²) in [5.74, 6) is 1.54. The SMILES string of the molecule is CC1CC(Nc2nnnn2-c2ccccc2)C1. The summed E-state index contributed by atoms with van der Waals surface area (Å²) in [5.41, 5.74) is 0.979. The Morgan fingerprint density at radius 1 is 1.24 bits per heavy atom. The molecule has 0 aliphatic heterocycles. The number of hydrogen-bond donors (Lipinski definition) is 1. The standard InChI is InChI=1S/C12H15N5/c1-9-7-10(8-9)13-12-14-15-16-17(12)11-5-3-2-4-6-11/h2-6,9-10H,7-8H2,1H3,(H,13,14,16). The number of hydrogen-bond acceptors (Lipinski definition) is 4. The Labute approximate surface area is 99.8 Å². The molecule has 0 atom stereocenters. The van der Waals surface area contributed by atoms with E-state index in [2.05, 4.69) is 27.8 Å². The van der Waals surface area contributed by atoms with Gasteiger partial charge in [-0.05, 0) is 41.3 Å². The van der Waals surface area contributed by atoms with Crippen molar-refractivity contribution in [3.63, 3.8) is 0 Å². The van der Waals surface area contributed by atoms with E-state index in [9.17, 15) is 0 Å². The summed E-state index contributed by atoms with van der Waals surface area (Å²) < 4.78 is 1.74. The number of rotatable bonds is 3. The van der Waals surface area contributed by atoms with Gasteiger partial charge in [0.2, 0.25) is 5.95 Å². The van der Waals surface area contributed by atoms with Gasteiger partial charge in [0.1, 0.15) is 0 Å². The van der Waals surface area contributed by atoms with Crippen molar-refractivity contribution in [3.05, 3.63) is 30.3 Å².